The maximum atomic E-state index is 11.4. The lowest BCUT2D eigenvalue weighted by atomic mass is 10.1. The Balaban J connectivity index is 2.36. The average Bonchev–Trinajstić information content (AvgIpc) is 2.77. The quantitative estimate of drug-likeness (QED) is 0.939. The second-order valence-corrected chi connectivity index (χ2v) is 6.28. The van der Waals surface area contributed by atoms with Gasteiger partial charge in [0.2, 0.25) is 0 Å². The van der Waals surface area contributed by atoms with E-state index in [1.807, 2.05) is 12.1 Å². The van der Waals surface area contributed by atoms with E-state index in [4.69, 9.17) is 11.6 Å². The summed E-state index contributed by atoms with van der Waals surface area (Å²) in [6.07, 6.45) is 0. The molecule has 0 saturated carbocycles. The van der Waals surface area contributed by atoms with E-state index in [0.717, 1.165) is 4.88 Å². The zero-order valence-corrected chi connectivity index (χ0v) is 12.9. The first-order valence-corrected chi connectivity index (χ1v) is 7.12. The van der Waals surface area contributed by atoms with E-state index >= 15 is 0 Å². The van der Waals surface area contributed by atoms with Gasteiger partial charge in [0.05, 0.1) is 16.6 Å². The summed E-state index contributed by atoms with van der Waals surface area (Å²) in [4.78, 5) is 14.2. The molecule has 20 heavy (non-hydrogen) atoms. The molecule has 0 aliphatic rings. The molecule has 0 aliphatic heterocycles. The zero-order chi connectivity index (χ0) is 14.9. The van der Waals surface area contributed by atoms with Gasteiger partial charge in [-0.25, -0.2) is 4.79 Å². The normalized spacial score (nSPS) is 10.6. The van der Waals surface area contributed by atoms with E-state index in [9.17, 15) is 9.90 Å². The minimum atomic E-state index is -0.994. The Hall–Kier alpha value is -1.66. The molecular formula is C13H14ClN3O2S. The summed E-state index contributed by atoms with van der Waals surface area (Å²) in [6, 6.07) is 3.73. The molecule has 2 aromatic rings. The summed E-state index contributed by atoms with van der Waals surface area (Å²) in [7, 11) is 1.79. The molecule has 0 aromatic carbocycles. The number of aryl methyl sites for hydroxylation is 1. The largest absolute Gasteiger partial charge is 0.478 e. The van der Waals surface area contributed by atoms with Gasteiger partial charge in [0.1, 0.15) is 5.56 Å². The van der Waals surface area contributed by atoms with Crippen LogP contribution in [0.3, 0.4) is 0 Å². The fourth-order valence-electron chi connectivity index (χ4n) is 1.86. The summed E-state index contributed by atoms with van der Waals surface area (Å²) in [5.74, 6) is -0.628. The first kappa shape index (κ1) is 14.7. The van der Waals surface area contributed by atoms with Crippen LogP contribution in [0, 0.1) is 13.8 Å². The predicted molar refractivity (Wildman–Crippen MR) is 79.9 cm³/mol. The van der Waals surface area contributed by atoms with Crippen LogP contribution in [0.1, 0.15) is 26.5 Å². The molecule has 106 valence electrons. The van der Waals surface area contributed by atoms with Gasteiger partial charge in [-0.05, 0) is 31.5 Å². The number of halogens is 1. The summed E-state index contributed by atoms with van der Waals surface area (Å²) < 4.78 is 0.707. The average molecular weight is 312 g/mol. The molecule has 0 atom stereocenters. The highest BCUT2D eigenvalue weighted by atomic mass is 35.5. The number of hydrogen-bond acceptors (Lipinski definition) is 5. The van der Waals surface area contributed by atoms with Crippen molar-refractivity contribution < 1.29 is 9.90 Å². The van der Waals surface area contributed by atoms with Crippen LogP contribution in [-0.2, 0) is 6.54 Å². The Kier molecular flexibility index (Phi) is 4.25. The van der Waals surface area contributed by atoms with Crippen LogP contribution in [-0.4, -0.2) is 28.3 Å². The Morgan fingerprint density at radius 1 is 1.40 bits per heavy atom. The molecule has 5 nitrogen and oxygen atoms in total. The number of rotatable bonds is 4. The van der Waals surface area contributed by atoms with Crippen LogP contribution in [0.2, 0.25) is 4.34 Å². The van der Waals surface area contributed by atoms with Gasteiger partial charge >= 0.3 is 5.97 Å². The number of aromatic carboxylic acids is 1. The SMILES string of the molecule is Cc1nnc(N(C)Cc2ccc(Cl)s2)c(C(=O)O)c1C. The van der Waals surface area contributed by atoms with Crippen LogP contribution in [0.25, 0.3) is 0 Å². The molecule has 0 saturated heterocycles. The van der Waals surface area contributed by atoms with Gasteiger partial charge in [-0.1, -0.05) is 11.6 Å². The molecule has 0 spiro atoms. The monoisotopic (exact) mass is 311 g/mol. The van der Waals surface area contributed by atoms with Gasteiger partial charge in [-0.15, -0.1) is 16.4 Å². The smallest absolute Gasteiger partial charge is 0.339 e. The van der Waals surface area contributed by atoms with Crippen LogP contribution >= 0.6 is 22.9 Å². The van der Waals surface area contributed by atoms with Crippen LogP contribution in [0.5, 0.6) is 0 Å². The summed E-state index contributed by atoms with van der Waals surface area (Å²) in [5.41, 5.74) is 1.46. The molecule has 0 unspecified atom stereocenters. The first-order chi connectivity index (χ1) is 9.40. The number of aromatic nitrogens is 2. The van der Waals surface area contributed by atoms with Crippen molar-refractivity contribution in [3.8, 4) is 0 Å². The Morgan fingerprint density at radius 2 is 2.10 bits per heavy atom. The summed E-state index contributed by atoms with van der Waals surface area (Å²) in [6.45, 7) is 4.03. The lowest BCUT2D eigenvalue weighted by Gasteiger charge is -2.20. The third kappa shape index (κ3) is 2.91. The van der Waals surface area contributed by atoms with E-state index in [2.05, 4.69) is 10.2 Å². The third-order valence-electron chi connectivity index (χ3n) is 3.03. The Morgan fingerprint density at radius 3 is 2.65 bits per heavy atom. The van der Waals surface area contributed by atoms with Crippen molar-refractivity contribution in [2.75, 3.05) is 11.9 Å². The fraction of sp³-hybridized carbons (Fsp3) is 0.308. The highest BCUT2D eigenvalue weighted by Gasteiger charge is 2.20. The first-order valence-electron chi connectivity index (χ1n) is 5.92. The van der Waals surface area contributed by atoms with Crippen molar-refractivity contribution >= 4 is 34.7 Å². The van der Waals surface area contributed by atoms with E-state index in [1.165, 1.54) is 11.3 Å². The summed E-state index contributed by atoms with van der Waals surface area (Å²) >= 11 is 7.36. The van der Waals surface area contributed by atoms with Crippen molar-refractivity contribution in [3.63, 3.8) is 0 Å². The number of hydrogen-bond donors (Lipinski definition) is 1. The minimum Gasteiger partial charge on any atom is -0.478 e. The molecule has 0 aliphatic carbocycles. The summed E-state index contributed by atoms with van der Waals surface area (Å²) in [5, 5.41) is 17.4. The maximum absolute atomic E-state index is 11.4. The highest BCUT2D eigenvalue weighted by Crippen LogP contribution is 2.26. The molecule has 2 heterocycles. The fourth-order valence-corrected chi connectivity index (χ4v) is 3.01. The highest BCUT2D eigenvalue weighted by molar-refractivity contribution is 7.16. The topological polar surface area (TPSA) is 66.3 Å². The number of carbonyl (C=O) groups is 1. The molecule has 7 heteroatoms. The lowest BCUT2D eigenvalue weighted by Crippen LogP contribution is -2.22. The number of nitrogens with zero attached hydrogens (tertiary/aromatic N) is 3. The van der Waals surface area contributed by atoms with Crippen LogP contribution in [0.4, 0.5) is 5.82 Å². The van der Waals surface area contributed by atoms with Crippen molar-refractivity contribution in [2.24, 2.45) is 0 Å². The zero-order valence-electron chi connectivity index (χ0n) is 11.3. The van der Waals surface area contributed by atoms with Crippen molar-refractivity contribution in [2.45, 2.75) is 20.4 Å². The van der Waals surface area contributed by atoms with Gasteiger partial charge in [0.15, 0.2) is 5.82 Å². The van der Waals surface area contributed by atoms with Gasteiger partial charge in [0.25, 0.3) is 0 Å². The second-order valence-electron chi connectivity index (χ2n) is 4.48. The number of carboxylic acids is 1. The molecule has 1 N–H and O–H groups in total. The van der Waals surface area contributed by atoms with E-state index in [-0.39, 0.29) is 5.56 Å². The van der Waals surface area contributed by atoms with E-state index in [0.29, 0.717) is 28.0 Å². The second kappa shape index (κ2) is 5.76. The maximum Gasteiger partial charge on any atom is 0.339 e. The van der Waals surface area contributed by atoms with E-state index in [1.54, 1.807) is 25.8 Å². The number of anilines is 1. The van der Waals surface area contributed by atoms with Crippen LogP contribution < -0.4 is 4.90 Å². The van der Waals surface area contributed by atoms with Gasteiger partial charge in [-0.2, -0.15) is 5.10 Å². The molecule has 2 rings (SSSR count). The number of thiophene rings is 1. The van der Waals surface area contributed by atoms with Crippen molar-refractivity contribution in [1.82, 2.24) is 10.2 Å². The Bertz CT molecular complexity index is 657. The van der Waals surface area contributed by atoms with Gasteiger partial charge in [0, 0.05) is 11.9 Å². The minimum absolute atomic E-state index is 0.197. The Labute approximate surface area is 125 Å². The van der Waals surface area contributed by atoms with Gasteiger partial charge < -0.3 is 10.0 Å². The van der Waals surface area contributed by atoms with Crippen molar-refractivity contribution in [1.29, 1.82) is 0 Å². The third-order valence-corrected chi connectivity index (χ3v) is 4.25. The molecular weight excluding hydrogens is 298 g/mol. The molecule has 0 radical (unpaired) electrons. The molecule has 0 bridgehead atoms. The van der Waals surface area contributed by atoms with Gasteiger partial charge in [-0.3, -0.25) is 0 Å². The standard InChI is InChI=1S/C13H14ClN3O2S/c1-7-8(2)15-16-12(11(7)13(18)19)17(3)6-9-4-5-10(14)20-9/h4-5H,6H2,1-3H3,(H,18,19). The van der Waals surface area contributed by atoms with Crippen LogP contribution in [0.15, 0.2) is 12.1 Å². The number of carboxylic acid groups (broad SMARTS) is 1. The molecule has 0 amide bonds. The van der Waals surface area contributed by atoms with Crippen molar-refractivity contribution in [3.05, 3.63) is 38.2 Å². The predicted octanol–water partition coefficient (Wildman–Crippen LogP) is 3.14. The molecule has 0 fully saturated rings. The molecule has 2 aromatic heterocycles. The van der Waals surface area contributed by atoms with E-state index < -0.39 is 5.97 Å². The lowest BCUT2D eigenvalue weighted by molar-refractivity contribution is 0.0696.